The normalized spacial score (nSPS) is 19.1. The van der Waals surface area contributed by atoms with Crippen LogP contribution in [0.5, 0.6) is 0 Å². The van der Waals surface area contributed by atoms with E-state index in [-0.39, 0.29) is 17.9 Å². The zero-order chi connectivity index (χ0) is 17.2. The van der Waals surface area contributed by atoms with Gasteiger partial charge in [0.1, 0.15) is 6.04 Å². The summed E-state index contributed by atoms with van der Waals surface area (Å²) >= 11 is 0. The van der Waals surface area contributed by atoms with E-state index in [1.165, 1.54) is 0 Å². The molecule has 1 fully saturated rings. The highest BCUT2D eigenvalue weighted by atomic mass is 16.2. The van der Waals surface area contributed by atoms with Gasteiger partial charge in [0.05, 0.1) is 6.07 Å². The van der Waals surface area contributed by atoms with E-state index in [0.29, 0.717) is 31.8 Å². The molecule has 2 atom stereocenters. The standard InChI is InChI=1S/C17H30N4O2/c1-4-6-15(10-18)20-16(22)9-14-7-5-8-21(12-14)17(23)19-11-13(2)3/h13-15H,4-9,11-12H2,1-3H3,(H,19,23)(H,20,22)/t14-,15+/m1/s1. The highest BCUT2D eigenvalue weighted by Gasteiger charge is 2.25. The fourth-order valence-corrected chi connectivity index (χ4v) is 2.79. The Kier molecular flexibility index (Phi) is 8.46. The first-order valence-electron chi connectivity index (χ1n) is 8.68. The van der Waals surface area contributed by atoms with Crippen molar-refractivity contribution in [2.45, 2.75) is 58.9 Å². The van der Waals surface area contributed by atoms with Gasteiger partial charge in [0.25, 0.3) is 0 Å². The zero-order valence-electron chi connectivity index (χ0n) is 14.6. The molecule has 6 nitrogen and oxygen atoms in total. The number of rotatable bonds is 7. The molecule has 1 aliphatic rings. The second-order valence-electron chi connectivity index (χ2n) is 6.78. The number of hydrogen-bond acceptors (Lipinski definition) is 3. The van der Waals surface area contributed by atoms with Gasteiger partial charge in [0.15, 0.2) is 0 Å². The third-order valence-electron chi connectivity index (χ3n) is 4.01. The van der Waals surface area contributed by atoms with Crippen LogP contribution in [-0.2, 0) is 4.79 Å². The number of carbonyl (C=O) groups excluding carboxylic acids is 2. The smallest absolute Gasteiger partial charge is 0.317 e. The van der Waals surface area contributed by atoms with E-state index in [0.717, 1.165) is 25.8 Å². The Labute approximate surface area is 139 Å². The number of carbonyl (C=O) groups is 2. The van der Waals surface area contributed by atoms with Gasteiger partial charge in [0, 0.05) is 26.1 Å². The molecule has 0 aromatic heterocycles. The van der Waals surface area contributed by atoms with E-state index in [2.05, 4.69) is 30.6 Å². The Bertz CT molecular complexity index is 431. The molecule has 3 amide bonds. The molecule has 0 aromatic rings. The maximum absolute atomic E-state index is 12.1. The first kappa shape index (κ1) is 19.3. The lowest BCUT2D eigenvalue weighted by Gasteiger charge is -2.32. The minimum atomic E-state index is -0.401. The van der Waals surface area contributed by atoms with E-state index in [1.54, 1.807) is 4.90 Å². The molecule has 0 bridgehead atoms. The highest BCUT2D eigenvalue weighted by Crippen LogP contribution is 2.19. The topological polar surface area (TPSA) is 85.2 Å². The molecule has 1 aliphatic heterocycles. The Morgan fingerprint density at radius 3 is 2.74 bits per heavy atom. The number of piperidine rings is 1. The Morgan fingerprint density at radius 1 is 1.39 bits per heavy atom. The Hall–Kier alpha value is -1.77. The van der Waals surface area contributed by atoms with Crippen molar-refractivity contribution in [3.63, 3.8) is 0 Å². The van der Waals surface area contributed by atoms with E-state index < -0.39 is 6.04 Å². The molecule has 0 unspecified atom stereocenters. The van der Waals surface area contributed by atoms with Gasteiger partial charge < -0.3 is 15.5 Å². The largest absolute Gasteiger partial charge is 0.340 e. The fraction of sp³-hybridized carbons (Fsp3) is 0.824. The van der Waals surface area contributed by atoms with Crippen LogP contribution in [-0.4, -0.2) is 42.5 Å². The molecule has 23 heavy (non-hydrogen) atoms. The predicted octanol–water partition coefficient (Wildman–Crippen LogP) is 2.26. The van der Waals surface area contributed by atoms with Crippen molar-refractivity contribution in [1.82, 2.24) is 15.5 Å². The Morgan fingerprint density at radius 2 is 2.13 bits per heavy atom. The van der Waals surface area contributed by atoms with Gasteiger partial charge in [-0.15, -0.1) is 0 Å². The molecule has 0 aliphatic carbocycles. The number of hydrogen-bond donors (Lipinski definition) is 2. The minimum absolute atomic E-state index is 0.0373. The van der Waals surface area contributed by atoms with E-state index >= 15 is 0 Å². The minimum Gasteiger partial charge on any atom is -0.340 e. The summed E-state index contributed by atoms with van der Waals surface area (Å²) in [7, 11) is 0. The van der Waals surface area contributed by atoms with Crippen LogP contribution >= 0.6 is 0 Å². The second-order valence-corrected chi connectivity index (χ2v) is 6.78. The van der Waals surface area contributed by atoms with Crippen molar-refractivity contribution < 1.29 is 9.59 Å². The molecule has 2 N–H and O–H groups in total. The number of amides is 3. The highest BCUT2D eigenvalue weighted by molar-refractivity contribution is 5.77. The van der Waals surface area contributed by atoms with Crippen molar-refractivity contribution in [3.05, 3.63) is 0 Å². The van der Waals surface area contributed by atoms with Crippen molar-refractivity contribution >= 4 is 11.9 Å². The average Bonchev–Trinajstić information content (AvgIpc) is 2.52. The predicted molar refractivity (Wildman–Crippen MR) is 89.6 cm³/mol. The lowest BCUT2D eigenvalue weighted by Crippen LogP contribution is -2.47. The van der Waals surface area contributed by atoms with Gasteiger partial charge in [-0.3, -0.25) is 4.79 Å². The quantitative estimate of drug-likeness (QED) is 0.754. The number of nitrogens with zero attached hydrogens (tertiary/aromatic N) is 2. The molecule has 1 rings (SSSR count). The molecule has 1 saturated heterocycles. The van der Waals surface area contributed by atoms with Gasteiger partial charge in [-0.25, -0.2) is 4.79 Å². The summed E-state index contributed by atoms with van der Waals surface area (Å²) in [5.74, 6) is 0.515. The zero-order valence-corrected chi connectivity index (χ0v) is 14.6. The van der Waals surface area contributed by atoms with Crippen LogP contribution in [0.2, 0.25) is 0 Å². The molecular formula is C17H30N4O2. The summed E-state index contributed by atoms with van der Waals surface area (Å²) in [6.45, 7) is 8.14. The van der Waals surface area contributed by atoms with Gasteiger partial charge in [0.2, 0.25) is 5.91 Å². The van der Waals surface area contributed by atoms with Crippen LogP contribution in [0.15, 0.2) is 0 Å². The summed E-state index contributed by atoms with van der Waals surface area (Å²) in [5.41, 5.74) is 0. The summed E-state index contributed by atoms with van der Waals surface area (Å²) in [5, 5.41) is 14.7. The number of likely N-dealkylation sites (tertiary alicyclic amines) is 1. The van der Waals surface area contributed by atoms with Crippen molar-refractivity contribution in [2.75, 3.05) is 19.6 Å². The van der Waals surface area contributed by atoms with Gasteiger partial charge in [-0.2, -0.15) is 5.26 Å². The summed E-state index contributed by atoms with van der Waals surface area (Å²) in [6.07, 6.45) is 3.80. The van der Waals surface area contributed by atoms with E-state index in [1.807, 2.05) is 6.92 Å². The second kappa shape index (κ2) is 10.1. The van der Waals surface area contributed by atoms with Crippen molar-refractivity contribution in [3.8, 4) is 6.07 Å². The fourth-order valence-electron chi connectivity index (χ4n) is 2.79. The maximum atomic E-state index is 12.1. The average molecular weight is 322 g/mol. The first-order chi connectivity index (χ1) is 11.0. The SMILES string of the molecule is CCC[C@@H](C#N)NC(=O)C[C@H]1CCCN(C(=O)NCC(C)C)C1. The van der Waals surface area contributed by atoms with E-state index in [4.69, 9.17) is 5.26 Å². The number of nitriles is 1. The molecule has 0 radical (unpaired) electrons. The maximum Gasteiger partial charge on any atom is 0.317 e. The molecular weight excluding hydrogens is 292 g/mol. The van der Waals surface area contributed by atoms with Crippen LogP contribution in [0.25, 0.3) is 0 Å². The lowest BCUT2D eigenvalue weighted by molar-refractivity contribution is -0.122. The summed E-state index contributed by atoms with van der Waals surface area (Å²) in [4.78, 5) is 26.0. The molecule has 0 spiro atoms. The third kappa shape index (κ3) is 7.36. The van der Waals surface area contributed by atoms with Crippen LogP contribution in [0, 0.1) is 23.2 Å². The molecule has 0 saturated carbocycles. The third-order valence-corrected chi connectivity index (χ3v) is 4.01. The summed E-state index contributed by atoms with van der Waals surface area (Å²) in [6, 6.07) is 1.68. The number of nitrogens with one attached hydrogen (secondary N) is 2. The molecule has 130 valence electrons. The van der Waals surface area contributed by atoms with Gasteiger partial charge >= 0.3 is 6.03 Å². The molecule has 1 heterocycles. The molecule has 6 heteroatoms. The summed E-state index contributed by atoms with van der Waals surface area (Å²) < 4.78 is 0. The van der Waals surface area contributed by atoms with Gasteiger partial charge in [-0.05, 0) is 31.1 Å². The molecule has 0 aromatic carbocycles. The van der Waals surface area contributed by atoms with E-state index in [9.17, 15) is 9.59 Å². The monoisotopic (exact) mass is 322 g/mol. The van der Waals surface area contributed by atoms with Crippen molar-refractivity contribution in [1.29, 1.82) is 5.26 Å². The van der Waals surface area contributed by atoms with Crippen LogP contribution < -0.4 is 10.6 Å². The van der Waals surface area contributed by atoms with Crippen molar-refractivity contribution in [2.24, 2.45) is 11.8 Å². The van der Waals surface area contributed by atoms with Crippen LogP contribution in [0.3, 0.4) is 0 Å². The van der Waals surface area contributed by atoms with Gasteiger partial charge in [-0.1, -0.05) is 27.2 Å². The van der Waals surface area contributed by atoms with Crippen LogP contribution in [0.1, 0.15) is 52.9 Å². The van der Waals surface area contributed by atoms with Crippen LogP contribution in [0.4, 0.5) is 4.79 Å². The number of urea groups is 1. The lowest BCUT2D eigenvalue weighted by atomic mass is 9.94. The first-order valence-corrected chi connectivity index (χ1v) is 8.68. The Balaban J connectivity index is 2.41.